The van der Waals surface area contributed by atoms with Crippen LogP contribution in [0.1, 0.15) is 49.8 Å². The molecule has 2 saturated heterocycles. The van der Waals surface area contributed by atoms with Crippen molar-refractivity contribution in [2.24, 2.45) is 0 Å². The quantitative estimate of drug-likeness (QED) is 0.0468. The van der Waals surface area contributed by atoms with Crippen LogP contribution in [0.25, 0.3) is 0 Å². The lowest BCUT2D eigenvalue weighted by molar-refractivity contribution is 0.0555. The molecule has 0 bridgehead atoms. The van der Waals surface area contributed by atoms with E-state index < -0.39 is 24.4 Å². The van der Waals surface area contributed by atoms with Crippen molar-refractivity contribution in [2.75, 3.05) is 78.8 Å². The number of β-amino-alcohol motifs (C(OH)–C–C–N with tert-alkyl or cyclic N) is 2. The Morgan fingerprint density at radius 1 is 0.492 bits per heavy atom. The molecule has 2 fully saturated rings. The van der Waals surface area contributed by atoms with Gasteiger partial charge in [0.25, 0.3) is 0 Å². The number of ether oxygens (including phenoxy) is 4. The van der Waals surface area contributed by atoms with Crippen LogP contribution in [0.3, 0.4) is 0 Å². The zero-order valence-corrected chi connectivity index (χ0v) is 39.6. The van der Waals surface area contributed by atoms with Crippen molar-refractivity contribution in [3.63, 3.8) is 0 Å². The molecule has 6 N–H and O–H groups in total. The molecular weight excluding hydrogens is 891 g/mol. The van der Waals surface area contributed by atoms with E-state index >= 15 is 0 Å². The van der Waals surface area contributed by atoms with Gasteiger partial charge in [0.2, 0.25) is 0 Å². The van der Waals surface area contributed by atoms with Gasteiger partial charge in [-0.25, -0.2) is 0 Å². The first kappa shape index (κ1) is 54.2. The van der Waals surface area contributed by atoms with E-state index in [2.05, 4.69) is 20.4 Å². The number of rotatable bonds is 22. The molecule has 4 aromatic carbocycles. The highest BCUT2D eigenvalue weighted by molar-refractivity contribution is 6.42. The number of halogens is 3. The standard InChI is InChI=1S/C25H35ClN2O4.C24H32Cl2N2O4.CH4/c1-18-3-5-23(6-4-18)31-16-21(29)14-27-20-9-11-28(12-10-20)15-22(30)17-32-24-7-8-25(26)19(2)13-24;1-17-2-4-21(5-3-17)31-15-19(29)13-27-18-8-10-28(11-9-18)14-20(30)16-32-22-6-7-23(25)24(26)12-22;/h3-8,13,20-22,27,29-30H,9-12,14-17H2,1-2H3;2-7,12,18-20,27,29-30H,8-11,13-16H2,1H3;1H4/t21-,22-;19-,20-;/m01./s1. The second-order valence-electron chi connectivity index (χ2n) is 16.9. The van der Waals surface area contributed by atoms with E-state index in [0.717, 1.165) is 74.7 Å². The van der Waals surface area contributed by atoms with Crippen molar-refractivity contribution >= 4 is 34.8 Å². The van der Waals surface area contributed by atoms with Crippen LogP contribution in [0.5, 0.6) is 23.0 Å². The van der Waals surface area contributed by atoms with Gasteiger partial charge in [0.1, 0.15) is 73.8 Å². The second kappa shape index (κ2) is 28.7. The molecule has 2 aliphatic heterocycles. The third kappa shape index (κ3) is 20.6. The third-order valence-electron chi connectivity index (χ3n) is 11.2. The fourth-order valence-electron chi connectivity index (χ4n) is 7.38. The smallest absolute Gasteiger partial charge is 0.121 e. The van der Waals surface area contributed by atoms with Gasteiger partial charge in [-0.3, -0.25) is 0 Å². The maximum absolute atomic E-state index is 10.3. The Hall–Kier alpha value is -3.37. The second-order valence-corrected chi connectivity index (χ2v) is 18.2. The van der Waals surface area contributed by atoms with Crippen molar-refractivity contribution in [3.8, 4) is 23.0 Å². The highest BCUT2D eigenvalue weighted by Crippen LogP contribution is 2.27. The first-order valence-corrected chi connectivity index (χ1v) is 23.4. The van der Waals surface area contributed by atoms with Crippen LogP contribution in [0.15, 0.2) is 84.9 Å². The summed E-state index contributed by atoms with van der Waals surface area (Å²) in [6.07, 6.45) is 1.65. The molecule has 0 aliphatic carbocycles. The van der Waals surface area contributed by atoms with E-state index in [4.69, 9.17) is 53.8 Å². The van der Waals surface area contributed by atoms with E-state index in [9.17, 15) is 20.4 Å². The first-order chi connectivity index (χ1) is 30.8. The number of hydrogen-bond donors (Lipinski definition) is 6. The van der Waals surface area contributed by atoms with Crippen molar-refractivity contribution in [1.29, 1.82) is 0 Å². The summed E-state index contributed by atoms with van der Waals surface area (Å²) in [5, 5.41) is 49.5. The van der Waals surface area contributed by atoms with Gasteiger partial charge in [0.05, 0.1) is 10.0 Å². The number of nitrogens with zero attached hydrogens (tertiary/aromatic N) is 2. The summed E-state index contributed by atoms with van der Waals surface area (Å²) >= 11 is 17.9. The molecule has 0 aromatic heterocycles. The number of aryl methyl sites for hydroxylation is 3. The van der Waals surface area contributed by atoms with Crippen LogP contribution in [0.2, 0.25) is 15.1 Å². The van der Waals surface area contributed by atoms with Crippen molar-refractivity contribution in [3.05, 3.63) is 117 Å². The van der Waals surface area contributed by atoms with Gasteiger partial charge in [-0.2, -0.15) is 0 Å². The number of likely N-dealkylation sites (tertiary alicyclic amines) is 2. The third-order valence-corrected chi connectivity index (χ3v) is 12.4. The van der Waals surface area contributed by atoms with Gasteiger partial charge < -0.3 is 59.8 Å². The summed E-state index contributed by atoms with van der Waals surface area (Å²) < 4.78 is 22.6. The van der Waals surface area contributed by atoms with Crippen molar-refractivity contribution in [2.45, 2.75) is 90.4 Å². The topological polar surface area (TPSA) is 148 Å². The van der Waals surface area contributed by atoms with Crippen LogP contribution in [-0.2, 0) is 0 Å². The molecule has 0 amide bonds. The highest BCUT2D eigenvalue weighted by Gasteiger charge is 2.23. The first-order valence-electron chi connectivity index (χ1n) is 22.3. The number of aliphatic hydroxyl groups excluding tert-OH is 4. The van der Waals surface area contributed by atoms with Crippen LogP contribution in [0.4, 0.5) is 0 Å². The van der Waals surface area contributed by atoms with Gasteiger partial charge in [-0.05, 0) is 133 Å². The molecule has 0 saturated carbocycles. The van der Waals surface area contributed by atoms with Crippen LogP contribution in [0, 0.1) is 20.8 Å². The zero-order chi connectivity index (χ0) is 45.8. The maximum Gasteiger partial charge on any atom is 0.121 e. The Morgan fingerprint density at radius 2 is 0.846 bits per heavy atom. The minimum Gasteiger partial charge on any atom is -0.491 e. The minimum atomic E-state index is -0.588. The van der Waals surface area contributed by atoms with Gasteiger partial charge in [0.15, 0.2) is 0 Å². The average Bonchev–Trinajstić information content (AvgIpc) is 3.29. The number of benzene rings is 4. The Balaban J connectivity index is 0.000000280. The van der Waals surface area contributed by atoms with E-state index in [1.807, 2.05) is 87.5 Å². The average molecular weight is 962 g/mol. The molecule has 2 aliphatic rings. The van der Waals surface area contributed by atoms with E-state index in [1.54, 1.807) is 18.2 Å². The van der Waals surface area contributed by atoms with Crippen LogP contribution >= 0.6 is 34.8 Å². The number of piperidine rings is 2. The molecule has 360 valence electrons. The predicted molar refractivity (Wildman–Crippen MR) is 263 cm³/mol. The molecule has 0 spiro atoms. The summed E-state index contributed by atoms with van der Waals surface area (Å²) in [4.78, 5) is 4.49. The highest BCUT2D eigenvalue weighted by atomic mass is 35.5. The van der Waals surface area contributed by atoms with E-state index in [-0.39, 0.29) is 33.9 Å². The number of nitrogens with one attached hydrogen (secondary N) is 2. The summed E-state index contributed by atoms with van der Waals surface area (Å²) in [5.41, 5.74) is 3.32. The van der Waals surface area contributed by atoms with Crippen LogP contribution in [-0.4, -0.2) is 146 Å². The predicted octanol–water partition coefficient (Wildman–Crippen LogP) is 7.36. The normalized spacial score (nSPS) is 16.9. The van der Waals surface area contributed by atoms with Gasteiger partial charge in [-0.1, -0.05) is 77.6 Å². The molecule has 12 nitrogen and oxygen atoms in total. The molecular formula is C50H71Cl3N4O8. The summed E-state index contributed by atoms with van der Waals surface area (Å²) in [6, 6.07) is 26.9. The molecule has 0 unspecified atom stereocenters. The molecule has 15 heteroatoms. The van der Waals surface area contributed by atoms with E-state index in [1.165, 1.54) is 11.1 Å². The Kier molecular flexibility index (Phi) is 24.0. The van der Waals surface area contributed by atoms with Crippen molar-refractivity contribution in [1.82, 2.24) is 20.4 Å². The lowest BCUT2D eigenvalue weighted by Crippen LogP contribution is -2.47. The number of hydrogen-bond acceptors (Lipinski definition) is 12. The molecule has 6 rings (SSSR count). The maximum atomic E-state index is 10.3. The minimum absolute atomic E-state index is 0. The monoisotopic (exact) mass is 960 g/mol. The SMILES string of the molecule is C.Cc1ccc(OC[C@@H](O)CNC2CCN(C[C@H](O)COc3ccc(Cl)c(C)c3)CC2)cc1.Cc1ccc(OC[C@H](O)CNC2CCN(C[C@@H](O)COc3ccc(Cl)c(Cl)c3)CC2)cc1. The molecule has 0 radical (unpaired) electrons. The lowest BCUT2D eigenvalue weighted by Gasteiger charge is -2.33. The zero-order valence-electron chi connectivity index (χ0n) is 37.3. The van der Waals surface area contributed by atoms with Gasteiger partial charge in [0, 0.05) is 49.4 Å². The lowest BCUT2D eigenvalue weighted by atomic mass is 10.0. The Bertz CT molecular complexity index is 1790. The Morgan fingerprint density at radius 3 is 1.25 bits per heavy atom. The summed E-state index contributed by atoms with van der Waals surface area (Å²) in [7, 11) is 0. The van der Waals surface area contributed by atoms with Crippen molar-refractivity contribution < 1.29 is 39.4 Å². The van der Waals surface area contributed by atoms with Gasteiger partial charge in [-0.15, -0.1) is 0 Å². The largest absolute Gasteiger partial charge is 0.491 e. The molecule has 4 atom stereocenters. The van der Waals surface area contributed by atoms with Crippen LogP contribution < -0.4 is 29.6 Å². The fraction of sp³-hybridized carbons (Fsp3) is 0.520. The number of aliphatic hydroxyl groups is 4. The van der Waals surface area contributed by atoms with E-state index in [0.29, 0.717) is 59.1 Å². The summed E-state index contributed by atoms with van der Waals surface area (Å²) in [6.45, 7) is 12.7. The van der Waals surface area contributed by atoms with Gasteiger partial charge >= 0.3 is 0 Å². The molecule has 2 heterocycles. The molecule has 4 aromatic rings. The fourth-order valence-corrected chi connectivity index (χ4v) is 7.78. The molecule has 65 heavy (non-hydrogen) atoms. The Labute approximate surface area is 401 Å². The summed E-state index contributed by atoms with van der Waals surface area (Å²) in [5.74, 6) is 2.85.